The Kier molecular flexibility index (Phi) is 4.77. The fourth-order valence-electron chi connectivity index (χ4n) is 4.13. The molecule has 2 amide bonds. The van der Waals surface area contributed by atoms with Gasteiger partial charge in [0.05, 0.1) is 18.0 Å². The molecule has 2 aliphatic rings. The number of para-hydroxylation sites is 2. The molecule has 0 radical (unpaired) electrons. The highest BCUT2D eigenvalue weighted by Gasteiger charge is 2.60. The molecule has 3 aromatic rings. The predicted octanol–water partition coefficient (Wildman–Crippen LogP) is 5.47. The minimum Gasteiger partial charge on any atom is -0.304 e. The Morgan fingerprint density at radius 3 is 2.27 bits per heavy atom. The number of carbonyl (C=O) groups is 2. The second-order valence-corrected chi connectivity index (χ2v) is 9.09. The van der Waals surface area contributed by atoms with Crippen molar-refractivity contribution in [1.29, 1.82) is 0 Å². The smallest absolute Gasteiger partial charge is 0.269 e. The molecule has 4 nitrogen and oxygen atoms in total. The summed E-state index contributed by atoms with van der Waals surface area (Å²) in [5.41, 5.74) is 2.95. The predicted molar refractivity (Wildman–Crippen MR) is 122 cm³/mol. The monoisotopic (exact) mass is 454 g/mol. The largest absolute Gasteiger partial charge is 0.304 e. The standard InChI is InChI=1S/C23H16Cl2N2O2S/c24-18-10-6-11-19(25)16(18)13-26-20-12-5-4-9-17(20)23(22(26)29)27(21(28)14-30-23)15-7-2-1-3-8-15/h1-12H,13-14H2/t23-/m1/s1. The molecule has 1 spiro atoms. The van der Waals surface area contributed by atoms with Crippen molar-refractivity contribution in [2.45, 2.75) is 11.4 Å². The van der Waals surface area contributed by atoms with Crippen LogP contribution in [0.2, 0.25) is 10.0 Å². The first-order valence-electron chi connectivity index (χ1n) is 9.40. The van der Waals surface area contributed by atoms with Crippen LogP contribution >= 0.6 is 35.0 Å². The van der Waals surface area contributed by atoms with Crippen LogP contribution in [-0.4, -0.2) is 17.6 Å². The van der Waals surface area contributed by atoms with Gasteiger partial charge in [-0.25, -0.2) is 0 Å². The maximum atomic E-state index is 14.0. The van der Waals surface area contributed by atoms with E-state index < -0.39 is 4.87 Å². The lowest BCUT2D eigenvalue weighted by atomic mass is 10.0. The third-order valence-electron chi connectivity index (χ3n) is 5.46. The zero-order valence-corrected chi connectivity index (χ0v) is 18.0. The van der Waals surface area contributed by atoms with E-state index in [1.54, 1.807) is 28.0 Å². The van der Waals surface area contributed by atoms with E-state index in [1.807, 2.05) is 54.6 Å². The van der Waals surface area contributed by atoms with E-state index in [2.05, 4.69) is 0 Å². The van der Waals surface area contributed by atoms with Crippen LogP contribution in [0.4, 0.5) is 11.4 Å². The summed E-state index contributed by atoms with van der Waals surface area (Å²) in [6.07, 6.45) is 0. The number of amides is 2. The summed E-state index contributed by atoms with van der Waals surface area (Å²) in [4.78, 5) is 29.1. The van der Waals surface area contributed by atoms with E-state index in [0.29, 0.717) is 21.3 Å². The minimum atomic E-state index is -1.14. The molecule has 2 heterocycles. The number of anilines is 2. The summed E-state index contributed by atoms with van der Waals surface area (Å²) in [5, 5.41) is 1.01. The zero-order chi connectivity index (χ0) is 20.9. The van der Waals surface area contributed by atoms with Gasteiger partial charge in [-0.05, 0) is 30.3 Å². The first-order chi connectivity index (χ1) is 14.5. The van der Waals surface area contributed by atoms with Gasteiger partial charge in [0.2, 0.25) is 10.8 Å². The Labute approximate surface area is 188 Å². The first-order valence-corrected chi connectivity index (χ1v) is 11.1. The van der Waals surface area contributed by atoms with Crippen LogP contribution in [-0.2, 0) is 21.0 Å². The molecule has 1 atom stereocenters. The number of fused-ring (bicyclic) bond motifs is 2. The molecule has 2 aliphatic heterocycles. The number of hydrogen-bond donors (Lipinski definition) is 0. The van der Waals surface area contributed by atoms with Crippen LogP contribution in [0.3, 0.4) is 0 Å². The van der Waals surface area contributed by atoms with Gasteiger partial charge in [0.1, 0.15) is 0 Å². The van der Waals surface area contributed by atoms with E-state index in [9.17, 15) is 9.59 Å². The quantitative estimate of drug-likeness (QED) is 0.526. The van der Waals surface area contributed by atoms with Crippen LogP contribution in [0.25, 0.3) is 0 Å². The molecule has 3 aromatic carbocycles. The van der Waals surface area contributed by atoms with Gasteiger partial charge in [0, 0.05) is 26.9 Å². The highest BCUT2D eigenvalue weighted by atomic mass is 35.5. The van der Waals surface area contributed by atoms with Crippen molar-refractivity contribution in [3.8, 4) is 0 Å². The molecule has 0 N–H and O–H groups in total. The van der Waals surface area contributed by atoms with E-state index in [4.69, 9.17) is 23.2 Å². The molecule has 0 aromatic heterocycles. The van der Waals surface area contributed by atoms with Crippen LogP contribution in [0, 0.1) is 0 Å². The van der Waals surface area contributed by atoms with Crippen molar-refractivity contribution in [2.24, 2.45) is 0 Å². The Morgan fingerprint density at radius 2 is 1.53 bits per heavy atom. The average molecular weight is 455 g/mol. The van der Waals surface area contributed by atoms with Gasteiger partial charge < -0.3 is 4.90 Å². The van der Waals surface area contributed by atoms with E-state index in [0.717, 1.165) is 11.3 Å². The normalized spacial score (nSPS) is 20.3. The maximum Gasteiger partial charge on any atom is 0.269 e. The molecule has 5 rings (SSSR count). The number of halogens is 2. The third kappa shape index (κ3) is 2.77. The summed E-state index contributed by atoms with van der Waals surface area (Å²) in [6.45, 7) is 0.230. The number of nitrogens with zero attached hydrogens (tertiary/aromatic N) is 2. The SMILES string of the molecule is O=C1CS[C@]2(C(=O)N(Cc3c(Cl)cccc3Cl)c3ccccc32)N1c1ccccc1. The summed E-state index contributed by atoms with van der Waals surface area (Å²) in [6, 6.07) is 22.2. The van der Waals surface area contributed by atoms with Crippen LogP contribution in [0.15, 0.2) is 72.8 Å². The molecule has 7 heteroatoms. The number of benzene rings is 3. The lowest BCUT2D eigenvalue weighted by Crippen LogP contribution is -2.49. The second-order valence-electron chi connectivity index (χ2n) is 7.11. The fourth-order valence-corrected chi connectivity index (χ4v) is 6.01. The second kappa shape index (κ2) is 7.34. The first kappa shape index (κ1) is 19.5. The number of hydrogen-bond acceptors (Lipinski definition) is 3. The number of thioether (sulfide) groups is 1. The summed E-state index contributed by atoms with van der Waals surface area (Å²) < 4.78 is 0. The molecule has 0 aliphatic carbocycles. The topological polar surface area (TPSA) is 40.6 Å². The summed E-state index contributed by atoms with van der Waals surface area (Å²) in [7, 11) is 0. The molecule has 1 fully saturated rings. The Balaban J connectivity index is 1.66. The maximum absolute atomic E-state index is 14.0. The average Bonchev–Trinajstić information content (AvgIpc) is 3.22. The molecular formula is C23H16Cl2N2O2S. The fraction of sp³-hybridized carbons (Fsp3) is 0.130. The van der Waals surface area contributed by atoms with Gasteiger partial charge >= 0.3 is 0 Å². The van der Waals surface area contributed by atoms with E-state index >= 15 is 0 Å². The molecule has 0 saturated carbocycles. The van der Waals surface area contributed by atoms with Crippen LogP contribution < -0.4 is 9.80 Å². The lowest BCUT2D eigenvalue weighted by Gasteiger charge is -2.33. The highest BCUT2D eigenvalue weighted by molar-refractivity contribution is 8.02. The van der Waals surface area contributed by atoms with Gasteiger partial charge in [-0.15, -0.1) is 11.8 Å². The van der Waals surface area contributed by atoms with Crippen molar-refractivity contribution < 1.29 is 9.59 Å². The third-order valence-corrected chi connectivity index (χ3v) is 7.55. The van der Waals surface area contributed by atoms with Crippen LogP contribution in [0.5, 0.6) is 0 Å². The van der Waals surface area contributed by atoms with Gasteiger partial charge in [-0.1, -0.05) is 65.7 Å². The highest BCUT2D eigenvalue weighted by Crippen LogP contribution is 2.56. The van der Waals surface area contributed by atoms with Gasteiger partial charge in [-0.2, -0.15) is 0 Å². The number of carbonyl (C=O) groups excluding carboxylic acids is 2. The van der Waals surface area contributed by atoms with E-state index in [-0.39, 0.29) is 24.1 Å². The van der Waals surface area contributed by atoms with Crippen molar-refractivity contribution in [2.75, 3.05) is 15.6 Å². The summed E-state index contributed by atoms with van der Waals surface area (Å²) >= 11 is 14.1. The zero-order valence-electron chi connectivity index (χ0n) is 15.7. The Hall–Kier alpha value is -2.47. The summed E-state index contributed by atoms with van der Waals surface area (Å²) in [5.74, 6) is -0.0262. The van der Waals surface area contributed by atoms with Gasteiger partial charge in [0.25, 0.3) is 5.91 Å². The molecule has 1 saturated heterocycles. The van der Waals surface area contributed by atoms with Crippen molar-refractivity contribution in [3.63, 3.8) is 0 Å². The van der Waals surface area contributed by atoms with Crippen molar-refractivity contribution in [3.05, 3.63) is 94.0 Å². The van der Waals surface area contributed by atoms with Gasteiger partial charge in [0.15, 0.2) is 0 Å². The Bertz CT molecular complexity index is 1150. The molecule has 30 heavy (non-hydrogen) atoms. The van der Waals surface area contributed by atoms with Crippen molar-refractivity contribution in [1.82, 2.24) is 0 Å². The van der Waals surface area contributed by atoms with Crippen LogP contribution in [0.1, 0.15) is 11.1 Å². The Morgan fingerprint density at radius 1 is 0.867 bits per heavy atom. The van der Waals surface area contributed by atoms with Gasteiger partial charge in [-0.3, -0.25) is 14.5 Å². The van der Waals surface area contributed by atoms with Crippen molar-refractivity contribution >= 4 is 58.2 Å². The van der Waals surface area contributed by atoms with E-state index in [1.165, 1.54) is 11.8 Å². The molecule has 0 bridgehead atoms. The molecule has 0 unspecified atom stereocenters. The lowest BCUT2D eigenvalue weighted by molar-refractivity contribution is -0.123. The molecule has 150 valence electrons. The minimum absolute atomic E-state index is 0.0908. The number of rotatable bonds is 3. The molecular weight excluding hydrogens is 439 g/mol.